The van der Waals surface area contributed by atoms with Gasteiger partial charge in [-0.15, -0.1) is 0 Å². The van der Waals surface area contributed by atoms with E-state index in [1.807, 2.05) is 72.8 Å². The summed E-state index contributed by atoms with van der Waals surface area (Å²) in [6, 6.07) is 36.8. The standard InChI is InChI=1S/C38H24Cl2O6/c39-29-17-8-16-28-35(29)37(43-21-33(41)45-31-19-5-11-23-9-1-3-13-25(23)31)27-15-7-18-30(40)36(27)38(28)44-22-34(42)46-32-20-6-12-24-10-2-4-14-26(24)32/h1-20H,21-22H2. The van der Waals surface area contributed by atoms with Gasteiger partial charge < -0.3 is 18.9 Å². The van der Waals surface area contributed by atoms with Gasteiger partial charge >= 0.3 is 11.9 Å². The zero-order valence-electron chi connectivity index (χ0n) is 24.2. The molecule has 0 aliphatic carbocycles. The van der Waals surface area contributed by atoms with Gasteiger partial charge in [-0.1, -0.05) is 120 Å². The van der Waals surface area contributed by atoms with Crippen LogP contribution in [0.25, 0.3) is 43.1 Å². The predicted molar refractivity (Wildman–Crippen MR) is 182 cm³/mol. The molecular weight excluding hydrogens is 623 g/mol. The lowest BCUT2D eigenvalue weighted by molar-refractivity contribution is -0.137. The number of hydrogen-bond acceptors (Lipinski definition) is 6. The molecule has 0 saturated carbocycles. The second kappa shape index (κ2) is 12.6. The molecule has 0 aliphatic rings. The van der Waals surface area contributed by atoms with E-state index in [-0.39, 0.29) is 0 Å². The van der Waals surface area contributed by atoms with E-state index in [1.165, 1.54) is 0 Å². The van der Waals surface area contributed by atoms with Gasteiger partial charge in [-0.25, -0.2) is 9.59 Å². The summed E-state index contributed by atoms with van der Waals surface area (Å²) in [6.45, 7) is -0.800. The minimum atomic E-state index is -0.594. The number of halogens is 2. The summed E-state index contributed by atoms with van der Waals surface area (Å²) in [6.07, 6.45) is 0. The van der Waals surface area contributed by atoms with Gasteiger partial charge in [0.25, 0.3) is 0 Å². The van der Waals surface area contributed by atoms with Gasteiger partial charge in [0.15, 0.2) is 13.2 Å². The third kappa shape index (κ3) is 5.65. The number of hydrogen-bond donors (Lipinski definition) is 0. The van der Waals surface area contributed by atoms with E-state index in [9.17, 15) is 9.59 Å². The van der Waals surface area contributed by atoms with E-state index in [0.717, 1.165) is 21.5 Å². The van der Waals surface area contributed by atoms with Crippen molar-refractivity contribution in [1.29, 1.82) is 0 Å². The fourth-order valence-electron chi connectivity index (χ4n) is 5.59. The first-order valence-electron chi connectivity index (χ1n) is 14.4. The highest BCUT2D eigenvalue weighted by Crippen LogP contribution is 2.47. The largest absolute Gasteiger partial charge is 0.481 e. The van der Waals surface area contributed by atoms with Crippen molar-refractivity contribution in [2.24, 2.45) is 0 Å². The molecule has 0 unspecified atom stereocenters. The Hall–Kier alpha value is -5.30. The Morgan fingerprint density at radius 1 is 0.457 bits per heavy atom. The van der Waals surface area contributed by atoms with Crippen molar-refractivity contribution < 1.29 is 28.5 Å². The maximum atomic E-state index is 13.0. The van der Waals surface area contributed by atoms with Crippen LogP contribution in [-0.4, -0.2) is 25.2 Å². The van der Waals surface area contributed by atoms with Crippen LogP contribution in [0.3, 0.4) is 0 Å². The van der Waals surface area contributed by atoms with Crippen molar-refractivity contribution in [1.82, 2.24) is 0 Å². The van der Waals surface area contributed by atoms with Crippen LogP contribution in [0.5, 0.6) is 23.0 Å². The fourth-order valence-corrected chi connectivity index (χ4v) is 6.11. The molecule has 0 saturated heterocycles. The Bertz CT molecular complexity index is 2130. The zero-order chi connectivity index (χ0) is 31.6. The lowest BCUT2D eigenvalue weighted by Crippen LogP contribution is -2.19. The molecule has 0 radical (unpaired) electrons. The normalized spacial score (nSPS) is 11.2. The molecule has 0 spiro atoms. The van der Waals surface area contributed by atoms with Crippen LogP contribution in [0.1, 0.15) is 0 Å². The van der Waals surface area contributed by atoms with Crippen molar-refractivity contribution in [2.75, 3.05) is 13.2 Å². The molecule has 46 heavy (non-hydrogen) atoms. The average Bonchev–Trinajstić information content (AvgIpc) is 3.07. The van der Waals surface area contributed by atoms with Gasteiger partial charge in [0.2, 0.25) is 0 Å². The van der Waals surface area contributed by atoms with E-state index < -0.39 is 25.2 Å². The summed E-state index contributed by atoms with van der Waals surface area (Å²) < 4.78 is 23.7. The summed E-state index contributed by atoms with van der Waals surface area (Å²) in [5.41, 5.74) is 0. The first-order valence-corrected chi connectivity index (χ1v) is 15.2. The van der Waals surface area contributed by atoms with Crippen LogP contribution in [0.4, 0.5) is 0 Å². The molecule has 226 valence electrons. The van der Waals surface area contributed by atoms with Crippen molar-refractivity contribution in [3.8, 4) is 23.0 Å². The average molecular weight is 648 g/mol. The van der Waals surface area contributed by atoms with Crippen LogP contribution < -0.4 is 18.9 Å². The van der Waals surface area contributed by atoms with Crippen LogP contribution in [-0.2, 0) is 9.59 Å². The molecule has 0 heterocycles. The topological polar surface area (TPSA) is 71.1 Å². The highest BCUT2D eigenvalue weighted by atomic mass is 35.5. The Morgan fingerprint density at radius 2 is 0.826 bits per heavy atom. The maximum Gasteiger partial charge on any atom is 0.349 e. The zero-order valence-corrected chi connectivity index (χ0v) is 25.7. The molecule has 0 aromatic heterocycles. The molecular formula is C38H24Cl2O6. The SMILES string of the molecule is O=C(COc1c2cccc(Cl)c2c(OCC(=O)Oc2cccc3ccccc23)c2cccc(Cl)c12)Oc1cccc2ccccc12. The van der Waals surface area contributed by atoms with Gasteiger partial charge in [-0.3, -0.25) is 0 Å². The predicted octanol–water partition coefficient (Wildman–Crippen LogP) is 9.57. The van der Waals surface area contributed by atoms with Gasteiger partial charge in [0.1, 0.15) is 23.0 Å². The van der Waals surface area contributed by atoms with E-state index in [0.29, 0.717) is 54.6 Å². The first-order chi connectivity index (χ1) is 22.5. The molecule has 0 fully saturated rings. The summed E-state index contributed by atoms with van der Waals surface area (Å²) in [5.74, 6) is 0.340. The minimum absolute atomic E-state index is 0.332. The van der Waals surface area contributed by atoms with Gasteiger partial charge in [-0.2, -0.15) is 0 Å². The summed E-state index contributed by atoms with van der Waals surface area (Å²) in [5, 5.41) is 6.32. The van der Waals surface area contributed by atoms with Gasteiger partial charge in [0, 0.05) is 32.3 Å². The van der Waals surface area contributed by atoms with Gasteiger partial charge in [0.05, 0.1) is 10.0 Å². The maximum absolute atomic E-state index is 13.0. The Labute approximate surface area is 273 Å². The smallest absolute Gasteiger partial charge is 0.349 e. The summed E-state index contributed by atoms with van der Waals surface area (Å²) in [7, 11) is 0. The number of carbonyl (C=O) groups is 2. The van der Waals surface area contributed by atoms with E-state index >= 15 is 0 Å². The molecule has 0 N–H and O–H groups in total. The lowest BCUT2D eigenvalue weighted by Gasteiger charge is -2.19. The van der Waals surface area contributed by atoms with Crippen molar-refractivity contribution >= 4 is 78.2 Å². The Kier molecular flexibility index (Phi) is 8.06. The van der Waals surface area contributed by atoms with Crippen LogP contribution in [0.2, 0.25) is 10.0 Å². The molecule has 0 amide bonds. The molecule has 7 rings (SSSR count). The van der Waals surface area contributed by atoms with E-state index in [4.69, 9.17) is 42.1 Å². The number of carbonyl (C=O) groups excluding carboxylic acids is 2. The third-order valence-corrected chi connectivity index (χ3v) is 8.22. The minimum Gasteiger partial charge on any atom is -0.481 e. The first kappa shape index (κ1) is 29.4. The van der Waals surface area contributed by atoms with Crippen LogP contribution in [0.15, 0.2) is 121 Å². The Balaban J connectivity index is 1.20. The van der Waals surface area contributed by atoms with Gasteiger partial charge in [-0.05, 0) is 35.0 Å². The Morgan fingerprint density at radius 3 is 1.28 bits per heavy atom. The molecule has 0 atom stereocenters. The highest BCUT2D eigenvalue weighted by Gasteiger charge is 2.22. The summed E-state index contributed by atoms with van der Waals surface area (Å²) in [4.78, 5) is 26.1. The van der Waals surface area contributed by atoms with Crippen LogP contribution in [0, 0.1) is 0 Å². The van der Waals surface area contributed by atoms with E-state index in [1.54, 1.807) is 48.5 Å². The van der Waals surface area contributed by atoms with Crippen molar-refractivity contribution in [3.63, 3.8) is 0 Å². The van der Waals surface area contributed by atoms with E-state index in [2.05, 4.69) is 0 Å². The molecule has 8 heteroatoms. The van der Waals surface area contributed by atoms with Crippen LogP contribution >= 0.6 is 23.2 Å². The second-order valence-corrected chi connectivity index (χ2v) is 11.3. The molecule has 6 nitrogen and oxygen atoms in total. The number of ether oxygens (including phenoxy) is 4. The monoisotopic (exact) mass is 646 g/mol. The van der Waals surface area contributed by atoms with Crippen molar-refractivity contribution in [2.45, 2.75) is 0 Å². The third-order valence-electron chi connectivity index (χ3n) is 7.59. The number of esters is 2. The second-order valence-electron chi connectivity index (χ2n) is 10.5. The summed E-state index contributed by atoms with van der Waals surface area (Å²) >= 11 is 13.5. The number of fused-ring (bicyclic) bond motifs is 4. The molecule has 7 aromatic rings. The molecule has 0 bridgehead atoms. The van der Waals surface area contributed by atoms with Crippen molar-refractivity contribution in [3.05, 3.63) is 131 Å². The lowest BCUT2D eigenvalue weighted by atomic mass is 10.0. The number of rotatable bonds is 8. The quantitative estimate of drug-likeness (QED) is 0.0930. The number of benzene rings is 7. The fraction of sp³-hybridized carbons (Fsp3) is 0.0526. The highest BCUT2D eigenvalue weighted by molar-refractivity contribution is 6.40. The molecule has 7 aromatic carbocycles. The molecule has 0 aliphatic heterocycles.